The fourth-order valence-electron chi connectivity index (χ4n) is 2.97. The number of anilines is 1. The minimum atomic E-state index is 0.153. The van der Waals surface area contributed by atoms with Crippen LogP contribution < -0.4 is 14.4 Å². The summed E-state index contributed by atoms with van der Waals surface area (Å²) in [6, 6.07) is 7.80. The molecule has 0 unspecified atom stereocenters. The lowest BCUT2D eigenvalue weighted by Gasteiger charge is -2.19. The summed E-state index contributed by atoms with van der Waals surface area (Å²) in [6.07, 6.45) is 7.14. The van der Waals surface area contributed by atoms with Crippen molar-refractivity contribution in [1.29, 1.82) is 0 Å². The van der Waals surface area contributed by atoms with E-state index in [2.05, 4.69) is 11.6 Å². The van der Waals surface area contributed by atoms with Gasteiger partial charge in [0.15, 0.2) is 0 Å². The molecule has 0 spiro atoms. The number of allylic oxidation sites excluding steroid dienone is 1. The van der Waals surface area contributed by atoms with E-state index in [4.69, 9.17) is 37.7 Å². The number of hydrogen-bond donors (Lipinski definition) is 0. The summed E-state index contributed by atoms with van der Waals surface area (Å²) in [5.74, 6) is 0.927. The van der Waals surface area contributed by atoms with Crippen LogP contribution >= 0.6 is 23.2 Å². The highest BCUT2D eigenvalue weighted by molar-refractivity contribution is 6.36. The van der Waals surface area contributed by atoms with E-state index in [1.165, 1.54) is 13.3 Å². The highest BCUT2D eigenvalue weighted by Crippen LogP contribution is 2.35. The molecule has 0 atom stereocenters. The summed E-state index contributed by atoms with van der Waals surface area (Å²) in [4.78, 5) is 10.7. The number of aryl methyl sites for hydroxylation is 1. The zero-order valence-corrected chi connectivity index (χ0v) is 18.0. The SMILES string of the molecule is C=CN(/C=C\C)c1cc(C)nc2c(OCc3c(Cl)cnc(OC)c3Cl)cccc12. The fraction of sp³-hybridized carbons (Fsp3) is 0.182. The summed E-state index contributed by atoms with van der Waals surface area (Å²) in [7, 11) is 1.50. The van der Waals surface area contributed by atoms with Crippen LogP contribution in [0.5, 0.6) is 11.6 Å². The van der Waals surface area contributed by atoms with E-state index in [9.17, 15) is 0 Å². The highest BCUT2D eigenvalue weighted by atomic mass is 35.5. The molecule has 5 nitrogen and oxygen atoms in total. The Hall–Kier alpha value is -2.76. The zero-order valence-electron chi connectivity index (χ0n) is 16.4. The largest absolute Gasteiger partial charge is 0.487 e. The molecule has 0 N–H and O–H groups in total. The molecule has 7 heteroatoms. The molecule has 0 aliphatic rings. The van der Waals surface area contributed by atoms with E-state index in [0.717, 1.165) is 22.3 Å². The summed E-state index contributed by atoms with van der Waals surface area (Å²) in [6.45, 7) is 7.95. The van der Waals surface area contributed by atoms with Crippen LogP contribution in [0, 0.1) is 6.92 Å². The van der Waals surface area contributed by atoms with Gasteiger partial charge >= 0.3 is 0 Å². The first-order valence-electron chi connectivity index (χ1n) is 8.93. The number of fused-ring (bicyclic) bond motifs is 1. The second-order valence-corrected chi connectivity index (χ2v) is 6.99. The molecule has 2 aromatic heterocycles. The predicted molar refractivity (Wildman–Crippen MR) is 119 cm³/mol. The molecule has 0 radical (unpaired) electrons. The number of rotatable bonds is 7. The van der Waals surface area contributed by atoms with Crippen molar-refractivity contribution in [1.82, 2.24) is 9.97 Å². The first-order chi connectivity index (χ1) is 14.0. The molecule has 0 fully saturated rings. The van der Waals surface area contributed by atoms with E-state index in [0.29, 0.717) is 27.2 Å². The Morgan fingerprint density at radius 1 is 1.28 bits per heavy atom. The van der Waals surface area contributed by atoms with Crippen LogP contribution in [-0.4, -0.2) is 17.1 Å². The molecule has 0 aliphatic carbocycles. The normalized spacial score (nSPS) is 11.1. The lowest BCUT2D eigenvalue weighted by atomic mass is 10.1. The summed E-state index contributed by atoms with van der Waals surface area (Å²) in [5, 5.41) is 1.68. The van der Waals surface area contributed by atoms with Crippen LogP contribution in [0.25, 0.3) is 10.9 Å². The Labute approximate surface area is 180 Å². The molecule has 3 rings (SSSR count). The highest BCUT2D eigenvalue weighted by Gasteiger charge is 2.16. The van der Waals surface area contributed by atoms with Gasteiger partial charge in [0.25, 0.3) is 0 Å². The van der Waals surface area contributed by atoms with Crippen molar-refractivity contribution in [2.75, 3.05) is 12.0 Å². The van der Waals surface area contributed by atoms with Gasteiger partial charge < -0.3 is 14.4 Å². The standard InChI is InChI=1S/C22H21Cl2N3O2/c1-5-10-27(6-2)18-11-14(3)26-21-15(18)8-7-9-19(21)29-13-16-17(23)12-25-22(28-4)20(16)24/h5-12H,2,13H2,1,3-4H3/b10-5-. The number of methoxy groups -OCH3 is 1. The Morgan fingerprint density at radius 2 is 2.07 bits per heavy atom. The quantitative estimate of drug-likeness (QED) is 0.439. The maximum atomic E-state index is 6.35. The van der Waals surface area contributed by atoms with Crippen molar-refractivity contribution in [3.8, 4) is 11.6 Å². The van der Waals surface area contributed by atoms with Crippen molar-refractivity contribution in [3.63, 3.8) is 0 Å². The number of benzene rings is 1. The molecule has 0 amide bonds. The molecule has 0 saturated heterocycles. The van der Waals surface area contributed by atoms with Crippen molar-refractivity contribution >= 4 is 39.8 Å². The minimum Gasteiger partial charge on any atom is -0.487 e. The van der Waals surface area contributed by atoms with Gasteiger partial charge in [0.05, 0.1) is 24.0 Å². The number of hydrogen-bond acceptors (Lipinski definition) is 5. The van der Waals surface area contributed by atoms with Gasteiger partial charge in [-0.05, 0) is 26.0 Å². The predicted octanol–water partition coefficient (Wildman–Crippen LogP) is 6.32. The van der Waals surface area contributed by atoms with Crippen molar-refractivity contribution in [2.45, 2.75) is 20.5 Å². The van der Waals surface area contributed by atoms with E-state index in [1.807, 2.05) is 55.3 Å². The summed E-state index contributed by atoms with van der Waals surface area (Å²) in [5.41, 5.74) is 3.17. The molecule has 0 saturated carbocycles. The number of aromatic nitrogens is 2. The lowest BCUT2D eigenvalue weighted by molar-refractivity contribution is 0.308. The number of pyridine rings is 2. The van der Waals surface area contributed by atoms with Crippen LogP contribution in [0.4, 0.5) is 5.69 Å². The Balaban J connectivity index is 2.04. The van der Waals surface area contributed by atoms with Gasteiger partial charge in [0.2, 0.25) is 5.88 Å². The summed E-state index contributed by atoms with van der Waals surface area (Å²) >= 11 is 12.6. The lowest BCUT2D eigenvalue weighted by Crippen LogP contribution is -2.08. The Kier molecular flexibility index (Phi) is 6.62. The molecular weight excluding hydrogens is 409 g/mol. The molecule has 150 valence electrons. The third kappa shape index (κ3) is 4.31. The van der Waals surface area contributed by atoms with Crippen LogP contribution in [0.15, 0.2) is 55.5 Å². The first-order valence-corrected chi connectivity index (χ1v) is 9.69. The topological polar surface area (TPSA) is 47.5 Å². The van der Waals surface area contributed by atoms with Crippen LogP contribution in [-0.2, 0) is 6.61 Å². The van der Waals surface area contributed by atoms with Gasteiger partial charge in [-0.3, -0.25) is 0 Å². The van der Waals surface area contributed by atoms with Gasteiger partial charge in [-0.1, -0.05) is 48.0 Å². The average molecular weight is 430 g/mol. The molecule has 1 aromatic carbocycles. The molecule has 0 aliphatic heterocycles. The third-order valence-electron chi connectivity index (χ3n) is 4.29. The summed E-state index contributed by atoms with van der Waals surface area (Å²) < 4.78 is 11.2. The van der Waals surface area contributed by atoms with Crippen molar-refractivity contribution in [3.05, 3.63) is 76.8 Å². The second kappa shape index (κ2) is 9.16. The van der Waals surface area contributed by atoms with Crippen LogP contribution in [0.3, 0.4) is 0 Å². The van der Waals surface area contributed by atoms with Gasteiger partial charge in [0, 0.05) is 29.0 Å². The fourth-order valence-corrected chi connectivity index (χ4v) is 3.50. The van der Waals surface area contributed by atoms with Crippen molar-refractivity contribution in [2.24, 2.45) is 0 Å². The molecular formula is C22H21Cl2N3O2. The number of ether oxygens (including phenoxy) is 2. The molecule has 0 bridgehead atoms. The average Bonchev–Trinajstić information content (AvgIpc) is 2.71. The minimum absolute atomic E-state index is 0.153. The van der Waals surface area contributed by atoms with E-state index >= 15 is 0 Å². The molecule has 3 aromatic rings. The van der Waals surface area contributed by atoms with E-state index < -0.39 is 0 Å². The smallest absolute Gasteiger partial charge is 0.232 e. The first kappa shape index (κ1) is 21.0. The molecule has 29 heavy (non-hydrogen) atoms. The van der Waals surface area contributed by atoms with Gasteiger partial charge in [-0.15, -0.1) is 0 Å². The van der Waals surface area contributed by atoms with E-state index in [1.54, 1.807) is 6.20 Å². The second-order valence-electron chi connectivity index (χ2n) is 6.20. The van der Waals surface area contributed by atoms with Crippen LogP contribution in [0.2, 0.25) is 10.0 Å². The Bertz CT molecular complexity index is 1080. The maximum Gasteiger partial charge on any atom is 0.232 e. The third-order valence-corrected chi connectivity index (χ3v) is 5.01. The van der Waals surface area contributed by atoms with Crippen molar-refractivity contribution < 1.29 is 9.47 Å². The molecule has 2 heterocycles. The number of halogens is 2. The Morgan fingerprint density at radius 3 is 2.76 bits per heavy atom. The van der Waals surface area contributed by atoms with Gasteiger partial charge in [-0.25, -0.2) is 9.97 Å². The maximum absolute atomic E-state index is 6.35. The number of nitrogens with zero attached hydrogens (tertiary/aromatic N) is 3. The monoisotopic (exact) mass is 429 g/mol. The van der Waals surface area contributed by atoms with Crippen LogP contribution in [0.1, 0.15) is 18.2 Å². The number of para-hydroxylation sites is 1. The van der Waals surface area contributed by atoms with Gasteiger partial charge in [-0.2, -0.15) is 0 Å². The van der Waals surface area contributed by atoms with Gasteiger partial charge in [0.1, 0.15) is 22.9 Å². The van der Waals surface area contributed by atoms with E-state index in [-0.39, 0.29) is 6.61 Å². The zero-order chi connectivity index (χ0) is 21.0.